The van der Waals surface area contributed by atoms with Crippen molar-refractivity contribution in [2.24, 2.45) is 0 Å². The zero-order valence-corrected chi connectivity index (χ0v) is 11.7. The predicted octanol–water partition coefficient (Wildman–Crippen LogP) is 3.82. The summed E-state index contributed by atoms with van der Waals surface area (Å²) in [5.74, 6) is 1.39. The van der Waals surface area contributed by atoms with Gasteiger partial charge in [0, 0.05) is 11.8 Å². The highest BCUT2D eigenvalue weighted by Gasteiger charge is 2.04. The molecule has 2 N–H and O–H groups in total. The van der Waals surface area contributed by atoms with Crippen molar-refractivity contribution < 1.29 is 9.47 Å². The van der Waals surface area contributed by atoms with Crippen molar-refractivity contribution in [3.63, 3.8) is 0 Å². The molecular weight excluding hydrogens is 262 g/mol. The van der Waals surface area contributed by atoms with Crippen LogP contribution in [-0.2, 0) is 6.61 Å². The van der Waals surface area contributed by atoms with E-state index in [2.05, 4.69) is 0 Å². The molecule has 0 saturated heterocycles. The molecule has 2 aromatic rings. The molecule has 2 rings (SSSR count). The molecule has 4 heteroatoms. The van der Waals surface area contributed by atoms with Crippen molar-refractivity contribution in [1.29, 1.82) is 0 Å². The van der Waals surface area contributed by atoms with Gasteiger partial charge in [0.2, 0.25) is 0 Å². The number of hydrogen-bond acceptors (Lipinski definition) is 3. The third-order valence-corrected chi connectivity index (χ3v) is 3.02. The first-order valence-corrected chi connectivity index (χ1v) is 6.28. The standard InChI is InChI=1S/C15H16ClNO2/c1-10-3-4-14(16)15(5-10)19-9-11-6-12(17)8-13(7-11)18-2/h3-8H,9,17H2,1-2H3. The van der Waals surface area contributed by atoms with E-state index in [-0.39, 0.29) is 0 Å². The molecule has 0 atom stereocenters. The molecule has 0 aliphatic heterocycles. The second-order valence-corrected chi connectivity index (χ2v) is 4.74. The second kappa shape index (κ2) is 5.85. The quantitative estimate of drug-likeness (QED) is 0.864. The molecule has 0 radical (unpaired) electrons. The minimum absolute atomic E-state index is 0.393. The van der Waals surface area contributed by atoms with Crippen LogP contribution in [0.15, 0.2) is 36.4 Å². The smallest absolute Gasteiger partial charge is 0.138 e. The Labute approximate surface area is 117 Å². The number of rotatable bonds is 4. The van der Waals surface area contributed by atoms with Crippen LogP contribution in [0.5, 0.6) is 11.5 Å². The highest BCUT2D eigenvalue weighted by atomic mass is 35.5. The van der Waals surface area contributed by atoms with Crippen LogP contribution in [0.1, 0.15) is 11.1 Å². The first-order valence-electron chi connectivity index (χ1n) is 5.91. The van der Waals surface area contributed by atoms with Crippen LogP contribution >= 0.6 is 11.6 Å². The molecule has 0 aliphatic carbocycles. The fraction of sp³-hybridized carbons (Fsp3) is 0.200. The lowest BCUT2D eigenvalue weighted by Gasteiger charge is -2.10. The molecule has 0 spiro atoms. The largest absolute Gasteiger partial charge is 0.497 e. The molecular formula is C15H16ClNO2. The van der Waals surface area contributed by atoms with Crippen LogP contribution in [-0.4, -0.2) is 7.11 Å². The number of nitrogen functional groups attached to an aromatic ring is 1. The molecule has 0 fully saturated rings. The van der Waals surface area contributed by atoms with E-state index in [1.165, 1.54) is 0 Å². The number of nitrogens with two attached hydrogens (primary N) is 1. The van der Waals surface area contributed by atoms with Gasteiger partial charge in [-0.05, 0) is 42.3 Å². The maximum Gasteiger partial charge on any atom is 0.138 e. The number of anilines is 1. The second-order valence-electron chi connectivity index (χ2n) is 4.34. The summed E-state index contributed by atoms with van der Waals surface area (Å²) in [7, 11) is 1.61. The first kappa shape index (κ1) is 13.6. The Balaban J connectivity index is 2.14. The fourth-order valence-corrected chi connectivity index (χ4v) is 1.94. The van der Waals surface area contributed by atoms with Crippen LogP contribution in [0.4, 0.5) is 5.69 Å². The summed E-state index contributed by atoms with van der Waals surface area (Å²) >= 11 is 6.08. The molecule has 0 saturated carbocycles. The number of ether oxygens (including phenoxy) is 2. The maximum atomic E-state index is 6.08. The van der Waals surface area contributed by atoms with Crippen LogP contribution < -0.4 is 15.2 Å². The van der Waals surface area contributed by atoms with E-state index >= 15 is 0 Å². The van der Waals surface area contributed by atoms with Gasteiger partial charge >= 0.3 is 0 Å². The molecule has 19 heavy (non-hydrogen) atoms. The lowest BCUT2D eigenvalue weighted by atomic mass is 10.2. The number of aryl methyl sites for hydroxylation is 1. The maximum absolute atomic E-state index is 6.08. The summed E-state index contributed by atoms with van der Waals surface area (Å²) in [4.78, 5) is 0. The van der Waals surface area contributed by atoms with E-state index < -0.39 is 0 Å². The summed E-state index contributed by atoms with van der Waals surface area (Å²) in [6.07, 6.45) is 0. The van der Waals surface area contributed by atoms with Gasteiger partial charge in [-0.15, -0.1) is 0 Å². The van der Waals surface area contributed by atoms with Gasteiger partial charge in [0.1, 0.15) is 18.1 Å². The normalized spacial score (nSPS) is 10.3. The molecule has 2 aromatic carbocycles. The summed E-state index contributed by atoms with van der Waals surface area (Å²) < 4.78 is 10.9. The Hall–Kier alpha value is -1.87. The van der Waals surface area contributed by atoms with Crippen molar-refractivity contribution in [2.75, 3.05) is 12.8 Å². The van der Waals surface area contributed by atoms with Crippen LogP contribution in [0.25, 0.3) is 0 Å². The van der Waals surface area contributed by atoms with E-state index in [1.807, 2.05) is 37.3 Å². The third kappa shape index (κ3) is 3.55. The van der Waals surface area contributed by atoms with Crippen molar-refractivity contribution >= 4 is 17.3 Å². The van der Waals surface area contributed by atoms with Crippen LogP contribution in [0.2, 0.25) is 5.02 Å². The Morgan fingerprint density at radius 3 is 2.68 bits per heavy atom. The highest BCUT2D eigenvalue weighted by Crippen LogP contribution is 2.27. The van der Waals surface area contributed by atoms with Gasteiger partial charge in [-0.25, -0.2) is 0 Å². The predicted molar refractivity (Wildman–Crippen MR) is 77.9 cm³/mol. The zero-order chi connectivity index (χ0) is 13.8. The molecule has 0 unspecified atom stereocenters. The van der Waals surface area contributed by atoms with Crippen molar-refractivity contribution in [3.8, 4) is 11.5 Å². The molecule has 0 heterocycles. The molecule has 3 nitrogen and oxygen atoms in total. The van der Waals surface area contributed by atoms with Gasteiger partial charge in [0.15, 0.2) is 0 Å². The Bertz CT molecular complexity index is 584. The number of hydrogen-bond donors (Lipinski definition) is 1. The number of halogens is 1. The van der Waals surface area contributed by atoms with Gasteiger partial charge in [-0.2, -0.15) is 0 Å². The summed E-state index contributed by atoms with van der Waals surface area (Å²) in [5.41, 5.74) is 8.48. The lowest BCUT2D eigenvalue weighted by Crippen LogP contribution is -1.98. The number of methoxy groups -OCH3 is 1. The van der Waals surface area contributed by atoms with E-state index in [9.17, 15) is 0 Å². The SMILES string of the molecule is COc1cc(N)cc(COc2cc(C)ccc2Cl)c1. The zero-order valence-electron chi connectivity index (χ0n) is 10.9. The van der Waals surface area contributed by atoms with Gasteiger partial charge in [0.05, 0.1) is 12.1 Å². The molecule has 0 amide bonds. The van der Waals surface area contributed by atoms with Crippen molar-refractivity contribution in [3.05, 3.63) is 52.5 Å². The van der Waals surface area contributed by atoms with Crippen LogP contribution in [0, 0.1) is 6.92 Å². The fourth-order valence-electron chi connectivity index (χ4n) is 1.77. The van der Waals surface area contributed by atoms with Crippen molar-refractivity contribution in [1.82, 2.24) is 0 Å². The van der Waals surface area contributed by atoms with Gasteiger partial charge < -0.3 is 15.2 Å². The average molecular weight is 278 g/mol. The molecule has 0 bridgehead atoms. The Morgan fingerprint density at radius 1 is 1.16 bits per heavy atom. The third-order valence-electron chi connectivity index (χ3n) is 2.71. The average Bonchev–Trinajstić information content (AvgIpc) is 2.39. The summed E-state index contributed by atoms with van der Waals surface area (Å²) in [5, 5.41) is 0.599. The number of benzene rings is 2. The van der Waals surface area contributed by atoms with E-state index in [1.54, 1.807) is 13.2 Å². The van der Waals surface area contributed by atoms with Gasteiger partial charge in [-0.3, -0.25) is 0 Å². The molecule has 0 aromatic heterocycles. The topological polar surface area (TPSA) is 44.5 Å². The van der Waals surface area contributed by atoms with Crippen LogP contribution in [0.3, 0.4) is 0 Å². The summed E-state index contributed by atoms with van der Waals surface area (Å²) in [6, 6.07) is 11.2. The van der Waals surface area contributed by atoms with Gasteiger partial charge in [-0.1, -0.05) is 17.7 Å². The summed E-state index contributed by atoms with van der Waals surface area (Å²) in [6.45, 7) is 2.39. The van der Waals surface area contributed by atoms with Gasteiger partial charge in [0.25, 0.3) is 0 Å². The Morgan fingerprint density at radius 2 is 1.95 bits per heavy atom. The van der Waals surface area contributed by atoms with E-state index in [0.29, 0.717) is 28.8 Å². The molecule has 0 aliphatic rings. The monoisotopic (exact) mass is 277 g/mol. The van der Waals surface area contributed by atoms with Crippen molar-refractivity contribution in [2.45, 2.75) is 13.5 Å². The first-order chi connectivity index (χ1) is 9.08. The lowest BCUT2D eigenvalue weighted by molar-refractivity contribution is 0.305. The minimum atomic E-state index is 0.393. The van der Waals surface area contributed by atoms with E-state index in [0.717, 1.165) is 11.1 Å². The van der Waals surface area contributed by atoms with E-state index in [4.69, 9.17) is 26.8 Å². The highest BCUT2D eigenvalue weighted by molar-refractivity contribution is 6.32. The molecule has 100 valence electrons. The minimum Gasteiger partial charge on any atom is -0.497 e. The Kier molecular flexibility index (Phi) is 4.17.